The second-order valence-electron chi connectivity index (χ2n) is 6.87. The van der Waals surface area contributed by atoms with Crippen LogP contribution in [0.2, 0.25) is 0 Å². The molecule has 1 aliphatic heterocycles. The van der Waals surface area contributed by atoms with E-state index in [4.69, 9.17) is 15.2 Å². The number of hydrogen-bond donors (Lipinski definition) is 3. The number of halogens is 2. The van der Waals surface area contributed by atoms with Crippen LogP contribution in [0, 0.1) is 11.7 Å². The Bertz CT molecular complexity index is 625. The summed E-state index contributed by atoms with van der Waals surface area (Å²) in [6.07, 6.45) is 3.71. The second-order valence-corrected chi connectivity index (χ2v) is 6.87. The Labute approximate surface area is 189 Å². The number of aliphatic imine (C=N–C) groups is 1. The van der Waals surface area contributed by atoms with Crippen molar-refractivity contribution in [3.63, 3.8) is 0 Å². The first-order chi connectivity index (χ1) is 13.6. The molecule has 2 atom stereocenters. The molecule has 1 aromatic carbocycles. The Kier molecular flexibility index (Phi) is 12.8. The molecule has 1 aliphatic rings. The fraction of sp³-hybridized carbons (Fsp3) is 0.600. The molecule has 0 aliphatic carbocycles. The monoisotopic (exact) mass is 522 g/mol. The van der Waals surface area contributed by atoms with Crippen LogP contribution in [0.25, 0.3) is 0 Å². The number of primary amides is 1. The number of carbonyl (C=O) groups excluding carboxylic acids is 1. The van der Waals surface area contributed by atoms with Crippen molar-refractivity contribution in [1.29, 1.82) is 0 Å². The lowest BCUT2D eigenvalue weighted by atomic mass is 9.98. The highest BCUT2D eigenvalue weighted by molar-refractivity contribution is 14.0. The average Bonchev–Trinajstić information content (AvgIpc) is 3.20. The first-order valence-corrected chi connectivity index (χ1v) is 9.76. The summed E-state index contributed by atoms with van der Waals surface area (Å²) in [5, 5.41) is 6.31. The molecule has 9 heteroatoms. The SMILES string of the molecule is CN=C(NCCCOCC1CCCO1)NCC(Cc1ccc(F)cc1)C(N)=O.I. The first-order valence-electron chi connectivity index (χ1n) is 9.76. The summed E-state index contributed by atoms with van der Waals surface area (Å²) in [5.74, 6) is -0.528. The van der Waals surface area contributed by atoms with Crippen LogP contribution in [0.1, 0.15) is 24.8 Å². The molecule has 0 radical (unpaired) electrons. The zero-order valence-corrected chi connectivity index (χ0v) is 19.2. The van der Waals surface area contributed by atoms with E-state index in [1.807, 2.05) is 0 Å². The van der Waals surface area contributed by atoms with Gasteiger partial charge in [0.15, 0.2) is 5.96 Å². The van der Waals surface area contributed by atoms with E-state index in [-0.39, 0.29) is 35.9 Å². The summed E-state index contributed by atoms with van der Waals surface area (Å²) < 4.78 is 24.1. The molecular formula is C20H32FIN4O3. The minimum atomic E-state index is -0.418. The first kappa shape index (κ1) is 25.6. The summed E-state index contributed by atoms with van der Waals surface area (Å²) in [6.45, 7) is 3.19. The number of ether oxygens (including phenoxy) is 2. The van der Waals surface area contributed by atoms with Crippen LogP contribution < -0.4 is 16.4 Å². The van der Waals surface area contributed by atoms with Crippen molar-refractivity contribution in [2.45, 2.75) is 31.8 Å². The molecule has 1 amide bonds. The largest absolute Gasteiger partial charge is 0.379 e. The van der Waals surface area contributed by atoms with E-state index < -0.39 is 11.8 Å². The molecule has 4 N–H and O–H groups in total. The predicted octanol–water partition coefficient (Wildman–Crippen LogP) is 1.84. The number of benzene rings is 1. The van der Waals surface area contributed by atoms with Gasteiger partial charge in [0.2, 0.25) is 5.91 Å². The highest BCUT2D eigenvalue weighted by Crippen LogP contribution is 2.12. The zero-order valence-electron chi connectivity index (χ0n) is 16.9. The normalized spacial score (nSPS) is 17.4. The van der Waals surface area contributed by atoms with Crippen molar-refractivity contribution in [1.82, 2.24) is 10.6 Å². The van der Waals surface area contributed by atoms with Crippen molar-refractivity contribution in [3.05, 3.63) is 35.6 Å². The van der Waals surface area contributed by atoms with Crippen molar-refractivity contribution in [2.24, 2.45) is 16.6 Å². The zero-order chi connectivity index (χ0) is 20.2. The van der Waals surface area contributed by atoms with E-state index in [0.717, 1.165) is 31.4 Å². The second kappa shape index (κ2) is 14.5. The van der Waals surface area contributed by atoms with E-state index in [1.54, 1.807) is 19.2 Å². The third-order valence-electron chi connectivity index (χ3n) is 4.62. The van der Waals surface area contributed by atoms with Gasteiger partial charge < -0.3 is 25.8 Å². The van der Waals surface area contributed by atoms with Crippen LogP contribution >= 0.6 is 24.0 Å². The van der Waals surface area contributed by atoms with Crippen LogP contribution in [0.5, 0.6) is 0 Å². The van der Waals surface area contributed by atoms with Crippen LogP contribution in [0.4, 0.5) is 4.39 Å². The summed E-state index contributed by atoms with van der Waals surface area (Å²) >= 11 is 0. The lowest BCUT2D eigenvalue weighted by molar-refractivity contribution is -0.121. The summed E-state index contributed by atoms with van der Waals surface area (Å²) in [4.78, 5) is 15.9. The molecule has 0 spiro atoms. The average molecular weight is 522 g/mol. The fourth-order valence-corrected chi connectivity index (χ4v) is 2.99. The summed E-state index contributed by atoms with van der Waals surface area (Å²) in [5.41, 5.74) is 6.37. The molecule has 0 bridgehead atoms. The molecule has 1 aromatic rings. The van der Waals surface area contributed by atoms with Gasteiger partial charge in [-0.05, 0) is 43.4 Å². The third-order valence-corrected chi connectivity index (χ3v) is 4.62. The number of nitrogens with one attached hydrogen (secondary N) is 2. The van der Waals surface area contributed by atoms with Crippen LogP contribution in [0.3, 0.4) is 0 Å². The lowest BCUT2D eigenvalue weighted by Crippen LogP contribution is -2.43. The highest BCUT2D eigenvalue weighted by Gasteiger charge is 2.17. The van der Waals surface area contributed by atoms with Gasteiger partial charge in [-0.25, -0.2) is 4.39 Å². The molecule has 2 unspecified atom stereocenters. The van der Waals surface area contributed by atoms with Crippen LogP contribution in [0.15, 0.2) is 29.3 Å². The maximum atomic E-state index is 13.0. The minimum Gasteiger partial charge on any atom is -0.379 e. The van der Waals surface area contributed by atoms with E-state index in [1.165, 1.54) is 12.1 Å². The van der Waals surface area contributed by atoms with E-state index in [0.29, 0.717) is 38.7 Å². The van der Waals surface area contributed by atoms with Gasteiger partial charge in [0.1, 0.15) is 5.82 Å². The molecule has 29 heavy (non-hydrogen) atoms. The molecule has 7 nitrogen and oxygen atoms in total. The summed E-state index contributed by atoms with van der Waals surface area (Å²) in [7, 11) is 1.67. The van der Waals surface area contributed by atoms with Crippen molar-refractivity contribution in [3.8, 4) is 0 Å². The Morgan fingerprint density at radius 1 is 1.38 bits per heavy atom. The van der Waals surface area contributed by atoms with E-state index in [9.17, 15) is 9.18 Å². The number of carbonyl (C=O) groups is 1. The minimum absolute atomic E-state index is 0. The summed E-state index contributed by atoms with van der Waals surface area (Å²) in [6, 6.07) is 6.08. The number of rotatable bonds is 11. The number of nitrogens with zero attached hydrogens (tertiary/aromatic N) is 1. The van der Waals surface area contributed by atoms with Crippen LogP contribution in [-0.4, -0.2) is 57.9 Å². The molecule has 0 saturated carbocycles. The maximum absolute atomic E-state index is 13.0. The number of nitrogens with two attached hydrogens (primary N) is 1. The Morgan fingerprint density at radius 3 is 2.76 bits per heavy atom. The Morgan fingerprint density at radius 2 is 2.14 bits per heavy atom. The van der Waals surface area contributed by atoms with Gasteiger partial charge in [-0.3, -0.25) is 9.79 Å². The van der Waals surface area contributed by atoms with Gasteiger partial charge in [-0.2, -0.15) is 0 Å². The fourth-order valence-electron chi connectivity index (χ4n) is 2.99. The van der Waals surface area contributed by atoms with Gasteiger partial charge in [-0.15, -0.1) is 24.0 Å². The number of hydrogen-bond acceptors (Lipinski definition) is 4. The standard InChI is InChI=1S/C20H31FN4O3.HI/c1-23-20(24-9-3-10-27-14-18-4-2-11-28-18)25-13-16(19(22)26)12-15-5-7-17(21)8-6-15;/h5-8,16,18H,2-4,9-14H2,1H3,(H2,22,26)(H2,23,24,25);1H. The van der Waals surface area contributed by atoms with E-state index in [2.05, 4.69) is 15.6 Å². The molecule has 2 rings (SSSR count). The predicted molar refractivity (Wildman–Crippen MR) is 122 cm³/mol. The third kappa shape index (κ3) is 10.2. The van der Waals surface area contributed by atoms with Crippen molar-refractivity contribution >= 4 is 35.8 Å². The topological polar surface area (TPSA) is 98.0 Å². The molecule has 164 valence electrons. The molecule has 0 aromatic heterocycles. The van der Waals surface area contributed by atoms with Crippen molar-refractivity contribution < 1.29 is 18.7 Å². The lowest BCUT2D eigenvalue weighted by Gasteiger charge is -2.17. The smallest absolute Gasteiger partial charge is 0.222 e. The quantitative estimate of drug-likeness (QED) is 0.178. The Hall–Kier alpha value is -1.46. The maximum Gasteiger partial charge on any atom is 0.222 e. The molecule has 1 fully saturated rings. The Balaban J connectivity index is 0.00000420. The number of amides is 1. The van der Waals surface area contributed by atoms with E-state index >= 15 is 0 Å². The van der Waals surface area contributed by atoms with Gasteiger partial charge in [0.25, 0.3) is 0 Å². The number of guanidine groups is 1. The van der Waals surface area contributed by atoms with Gasteiger partial charge in [-0.1, -0.05) is 12.1 Å². The van der Waals surface area contributed by atoms with Crippen LogP contribution in [-0.2, 0) is 20.7 Å². The highest BCUT2D eigenvalue weighted by atomic mass is 127. The van der Waals surface area contributed by atoms with Gasteiger partial charge in [0, 0.05) is 33.4 Å². The molecule has 1 saturated heterocycles. The van der Waals surface area contributed by atoms with Gasteiger partial charge >= 0.3 is 0 Å². The molecular weight excluding hydrogens is 490 g/mol. The molecule has 1 heterocycles. The van der Waals surface area contributed by atoms with Crippen molar-refractivity contribution in [2.75, 3.05) is 40.0 Å². The van der Waals surface area contributed by atoms with Gasteiger partial charge in [0.05, 0.1) is 18.6 Å².